The molecule has 0 unspecified atom stereocenters. The summed E-state index contributed by atoms with van der Waals surface area (Å²) in [6, 6.07) is 2.70. The minimum absolute atomic E-state index is 0.157. The van der Waals surface area contributed by atoms with Crippen LogP contribution in [0.25, 0.3) is 0 Å². The summed E-state index contributed by atoms with van der Waals surface area (Å²) in [5.74, 6) is 0.112. The number of pyridine rings is 1. The van der Waals surface area contributed by atoms with Crippen molar-refractivity contribution in [3.8, 4) is 5.88 Å². The molecule has 8 heteroatoms. The molecule has 1 aromatic heterocycles. The van der Waals surface area contributed by atoms with Crippen LogP contribution in [0.15, 0.2) is 18.3 Å². The minimum atomic E-state index is -4.41. The van der Waals surface area contributed by atoms with E-state index in [2.05, 4.69) is 9.72 Å². The van der Waals surface area contributed by atoms with Crippen molar-refractivity contribution in [2.75, 3.05) is 26.2 Å². The number of piperidine rings is 1. The molecule has 1 saturated heterocycles. The number of rotatable bonds is 4. The van der Waals surface area contributed by atoms with E-state index in [-0.39, 0.29) is 11.8 Å². The molecule has 1 aliphatic heterocycles. The van der Waals surface area contributed by atoms with Crippen LogP contribution in [0, 0.1) is 5.92 Å². The minimum Gasteiger partial charge on any atom is -0.468 e. The van der Waals surface area contributed by atoms with Gasteiger partial charge in [-0.3, -0.25) is 4.79 Å². The van der Waals surface area contributed by atoms with Gasteiger partial charge in [-0.15, -0.1) is 0 Å². The number of hydrogen-bond acceptors (Lipinski definition) is 4. The van der Waals surface area contributed by atoms with Crippen molar-refractivity contribution in [1.29, 1.82) is 0 Å². The van der Waals surface area contributed by atoms with Crippen molar-refractivity contribution < 1.29 is 22.7 Å². The average molecular weight is 317 g/mol. The molecule has 0 saturated carbocycles. The van der Waals surface area contributed by atoms with Crippen molar-refractivity contribution in [3.63, 3.8) is 0 Å². The molecule has 5 nitrogen and oxygen atoms in total. The Morgan fingerprint density at radius 2 is 2.05 bits per heavy atom. The molecule has 2 N–H and O–H groups in total. The first-order valence-electron chi connectivity index (χ1n) is 7.04. The van der Waals surface area contributed by atoms with Crippen LogP contribution in [-0.2, 0) is 0 Å². The number of carbonyl (C=O) groups excluding carboxylic acids is 1. The quantitative estimate of drug-likeness (QED) is 0.920. The summed E-state index contributed by atoms with van der Waals surface area (Å²) in [4.78, 5) is 17.7. The van der Waals surface area contributed by atoms with Crippen LogP contribution in [0.3, 0.4) is 0 Å². The van der Waals surface area contributed by atoms with E-state index in [0.717, 1.165) is 12.8 Å². The summed E-state index contributed by atoms with van der Waals surface area (Å²) in [6.45, 7) is 0.481. The summed E-state index contributed by atoms with van der Waals surface area (Å²) in [5, 5.41) is 0. The number of halogens is 3. The number of nitrogens with zero attached hydrogens (tertiary/aromatic N) is 2. The lowest BCUT2D eigenvalue weighted by Gasteiger charge is -2.31. The average Bonchev–Trinajstić information content (AvgIpc) is 2.52. The molecule has 0 radical (unpaired) electrons. The van der Waals surface area contributed by atoms with Crippen molar-refractivity contribution >= 4 is 5.91 Å². The lowest BCUT2D eigenvalue weighted by Crippen LogP contribution is -2.40. The number of alkyl halides is 3. The first-order valence-corrected chi connectivity index (χ1v) is 7.04. The molecule has 2 heterocycles. The fourth-order valence-corrected chi connectivity index (χ4v) is 2.30. The lowest BCUT2D eigenvalue weighted by atomic mass is 9.97. The Morgan fingerprint density at radius 1 is 1.36 bits per heavy atom. The maximum absolute atomic E-state index is 12.3. The summed E-state index contributed by atoms with van der Waals surface area (Å²) >= 11 is 0. The summed E-state index contributed by atoms with van der Waals surface area (Å²) in [5.41, 5.74) is 5.94. The van der Waals surface area contributed by atoms with Gasteiger partial charge in [0.2, 0.25) is 5.88 Å². The van der Waals surface area contributed by atoms with Gasteiger partial charge in [-0.1, -0.05) is 0 Å². The van der Waals surface area contributed by atoms with E-state index in [0.29, 0.717) is 31.1 Å². The van der Waals surface area contributed by atoms with Gasteiger partial charge in [0.1, 0.15) is 0 Å². The highest BCUT2D eigenvalue weighted by molar-refractivity contribution is 5.94. The second kappa shape index (κ2) is 6.95. The van der Waals surface area contributed by atoms with E-state index in [1.54, 1.807) is 4.90 Å². The van der Waals surface area contributed by atoms with Gasteiger partial charge in [-0.05, 0) is 31.4 Å². The first-order chi connectivity index (χ1) is 10.4. The Morgan fingerprint density at radius 3 is 2.55 bits per heavy atom. The van der Waals surface area contributed by atoms with Gasteiger partial charge in [0.05, 0.1) is 5.56 Å². The normalized spacial score (nSPS) is 16.6. The maximum atomic E-state index is 12.3. The van der Waals surface area contributed by atoms with E-state index >= 15 is 0 Å². The van der Waals surface area contributed by atoms with E-state index in [9.17, 15) is 18.0 Å². The molecular weight excluding hydrogens is 299 g/mol. The zero-order chi connectivity index (χ0) is 16.2. The van der Waals surface area contributed by atoms with Crippen LogP contribution in [0.4, 0.5) is 13.2 Å². The maximum Gasteiger partial charge on any atom is 0.422 e. The number of hydrogen-bond donors (Lipinski definition) is 1. The van der Waals surface area contributed by atoms with Crippen molar-refractivity contribution in [1.82, 2.24) is 9.88 Å². The van der Waals surface area contributed by atoms with E-state index in [1.165, 1.54) is 18.3 Å². The highest BCUT2D eigenvalue weighted by Gasteiger charge is 2.28. The summed E-state index contributed by atoms with van der Waals surface area (Å²) < 4.78 is 40.6. The predicted molar refractivity (Wildman–Crippen MR) is 73.5 cm³/mol. The highest BCUT2D eigenvalue weighted by Crippen LogP contribution is 2.20. The number of carbonyl (C=O) groups is 1. The first kappa shape index (κ1) is 16.5. The fourth-order valence-electron chi connectivity index (χ4n) is 2.30. The number of likely N-dealkylation sites (tertiary alicyclic amines) is 1. The van der Waals surface area contributed by atoms with Crippen LogP contribution in [0.1, 0.15) is 23.2 Å². The molecule has 1 amide bonds. The van der Waals surface area contributed by atoms with Crippen molar-refractivity contribution in [2.24, 2.45) is 11.7 Å². The Labute approximate surface area is 126 Å². The zero-order valence-corrected chi connectivity index (χ0v) is 12.0. The summed E-state index contributed by atoms with van der Waals surface area (Å²) in [7, 11) is 0. The zero-order valence-electron chi connectivity index (χ0n) is 12.0. The number of ether oxygens (including phenoxy) is 1. The number of amides is 1. The highest BCUT2D eigenvalue weighted by atomic mass is 19.4. The molecule has 2 rings (SSSR count). The molecule has 1 fully saturated rings. The Balaban J connectivity index is 1.91. The Hall–Kier alpha value is -1.83. The third kappa shape index (κ3) is 4.59. The SMILES string of the molecule is NCC1CCN(C(=O)c2ccc(OCC(F)(F)F)nc2)CC1. The second-order valence-electron chi connectivity index (χ2n) is 5.26. The molecule has 0 spiro atoms. The molecule has 22 heavy (non-hydrogen) atoms. The molecule has 0 aliphatic carbocycles. The summed E-state index contributed by atoms with van der Waals surface area (Å²) in [6.07, 6.45) is -1.45. The molecule has 1 aromatic rings. The van der Waals surface area contributed by atoms with Gasteiger partial charge in [-0.25, -0.2) is 4.98 Å². The molecule has 1 aliphatic rings. The Bertz CT molecular complexity index is 497. The monoisotopic (exact) mass is 317 g/mol. The molecule has 0 bridgehead atoms. The van der Waals surface area contributed by atoms with Gasteiger partial charge in [0, 0.05) is 25.4 Å². The van der Waals surface area contributed by atoms with Crippen molar-refractivity contribution in [2.45, 2.75) is 19.0 Å². The third-order valence-corrected chi connectivity index (χ3v) is 3.60. The van der Waals surface area contributed by atoms with Gasteiger partial charge in [-0.2, -0.15) is 13.2 Å². The third-order valence-electron chi connectivity index (χ3n) is 3.60. The molecule has 0 aromatic carbocycles. The van der Waals surface area contributed by atoms with Gasteiger partial charge >= 0.3 is 6.18 Å². The molecular formula is C14H18F3N3O2. The predicted octanol–water partition coefficient (Wildman–Crippen LogP) is 1.83. The van der Waals surface area contributed by atoms with Crippen LogP contribution in [0.5, 0.6) is 5.88 Å². The largest absolute Gasteiger partial charge is 0.468 e. The number of aromatic nitrogens is 1. The van der Waals surface area contributed by atoms with Crippen LogP contribution in [0.2, 0.25) is 0 Å². The molecule has 0 atom stereocenters. The van der Waals surface area contributed by atoms with Crippen molar-refractivity contribution in [3.05, 3.63) is 23.9 Å². The van der Waals surface area contributed by atoms with Gasteiger partial charge in [0.15, 0.2) is 6.61 Å². The number of nitrogens with two attached hydrogens (primary N) is 1. The lowest BCUT2D eigenvalue weighted by molar-refractivity contribution is -0.154. The van der Waals surface area contributed by atoms with Crippen LogP contribution in [-0.4, -0.2) is 48.2 Å². The van der Waals surface area contributed by atoms with E-state index in [1.807, 2.05) is 0 Å². The molecule has 122 valence electrons. The van der Waals surface area contributed by atoms with Gasteiger partial charge in [0.25, 0.3) is 5.91 Å². The van der Waals surface area contributed by atoms with Gasteiger partial charge < -0.3 is 15.4 Å². The fraction of sp³-hybridized carbons (Fsp3) is 0.571. The van der Waals surface area contributed by atoms with E-state index in [4.69, 9.17) is 5.73 Å². The standard InChI is InChI=1S/C14H18F3N3O2/c15-14(16,17)9-22-12-2-1-11(8-19-12)13(21)20-5-3-10(7-18)4-6-20/h1-2,8,10H,3-7,9,18H2. The van der Waals surface area contributed by atoms with Crippen LogP contribution < -0.4 is 10.5 Å². The second-order valence-corrected chi connectivity index (χ2v) is 5.26. The smallest absolute Gasteiger partial charge is 0.422 e. The topological polar surface area (TPSA) is 68.5 Å². The van der Waals surface area contributed by atoms with E-state index < -0.39 is 12.8 Å². The van der Waals surface area contributed by atoms with Crippen LogP contribution >= 0.6 is 0 Å². The Kier molecular flexibility index (Phi) is 5.23.